The number of Topliss-reactive ketones (excluding diaryl/α,β-unsaturated/α-hetero) is 1. The summed E-state index contributed by atoms with van der Waals surface area (Å²) in [6, 6.07) is 14.9. The SMILES string of the molecule is O=C1N[C@@H](c2cccc(Oc3ccccc3)c2)[C@@H](C(=O)c2cccs2)[C@@](O)(C(F)(F)F)N1. The number of nitrogens with one attached hydrogen (secondary N) is 2. The van der Waals surface area contributed by atoms with Gasteiger partial charge in [0.25, 0.3) is 0 Å². The van der Waals surface area contributed by atoms with Gasteiger partial charge < -0.3 is 20.5 Å². The van der Waals surface area contributed by atoms with Crippen molar-refractivity contribution in [3.05, 3.63) is 82.6 Å². The summed E-state index contributed by atoms with van der Waals surface area (Å²) in [5, 5.41) is 16.0. The van der Waals surface area contributed by atoms with Gasteiger partial charge in [-0.1, -0.05) is 36.4 Å². The summed E-state index contributed by atoms with van der Waals surface area (Å²) in [5.41, 5.74) is -3.59. The Hall–Kier alpha value is -3.37. The molecule has 1 fully saturated rings. The number of carbonyl (C=O) groups is 2. The van der Waals surface area contributed by atoms with E-state index in [1.54, 1.807) is 36.4 Å². The van der Waals surface area contributed by atoms with E-state index < -0.39 is 35.7 Å². The molecule has 0 radical (unpaired) electrons. The van der Waals surface area contributed by atoms with Crippen molar-refractivity contribution in [3.63, 3.8) is 0 Å². The first kappa shape index (κ1) is 21.8. The summed E-state index contributed by atoms with van der Waals surface area (Å²) in [5.74, 6) is -2.24. The number of thiophene rings is 1. The van der Waals surface area contributed by atoms with Gasteiger partial charge in [-0.25, -0.2) is 4.79 Å². The average Bonchev–Trinajstić information content (AvgIpc) is 3.28. The van der Waals surface area contributed by atoms with E-state index in [1.807, 2.05) is 0 Å². The fraction of sp³-hybridized carbons (Fsp3) is 0.182. The molecule has 4 rings (SSSR count). The van der Waals surface area contributed by atoms with Crippen LogP contribution in [-0.2, 0) is 0 Å². The lowest BCUT2D eigenvalue weighted by molar-refractivity contribution is -0.287. The van der Waals surface area contributed by atoms with Crippen molar-refractivity contribution in [1.82, 2.24) is 10.6 Å². The van der Waals surface area contributed by atoms with Crippen molar-refractivity contribution < 1.29 is 32.6 Å². The molecule has 10 heteroatoms. The van der Waals surface area contributed by atoms with Crippen LogP contribution in [0.3, 0.4) is 0 Å². The van der Waals surface area contributed by atoms with Gasteiger partial charge in [-0.05, 0) is 41.3 Å². The second kappa shape index (κ2) is 8.29. The zero-order chi connectivity index (χ0) is 22.9. The molecule has 32 heavy (non-hydrogen) atoms. The Balaban J connectivity index is 1.77. The highest BCUT2D eigenvalue weighted by molar-refractivity contribution is 7.12. The Bertz CT molecular complexity index is 1120. The second-order valence-electron chi connectivity index (χ2n) is 7.15. The van der Waals surface area contributed by atoms with E-state index in [1.165, 1.54) is 41.0 Å². The van der Waals surface area contributed by atoms with Crippen LogP contribution in [0.1, 0.15) is 21.3 Å². The summed E-state index contributed by atoms with van der Waals surface area (Å²) < 4.78 is 47.6. The number of halogens is 3. The molecule has 1 aliphatic heterocycles. The highest BCUT2D eigenvalue weighted by Gasteiger charge is 2.66. The number of ketones is 1. The molecule has 3 N–H and O–H groups in total. The topological polar surface area (TPSA) is 87.7 Å². The Morgan fingerprint density at radius 3 is 2.41 bits per heavy atom. The molecule has 3 atom stereocenters. The van der Waals surface area contributed by atoms with Crippen molar-refractivity contribution in [3.8, 4) is 11.5 Å². The molecule has 2 heterocycles. The van der Waals surface area contributed by atoms with E-state index >= 15 is 0 Å². The number of benzene rings is 2. The maximum atomic E-state index is 13.9. The second-order valence-corrected chi connectivity index (χ2v) is 8.09. The number of hydrogen-bond acceptors (Lipinski definition) is 5. The Morgan fingerprint density at radius 1 is 1.03 bits per heavy atom. The third kappa shape index (κ3) is 4.06. The molecule has 0 unspecified atom stereocenters. The number of para-hydroxylation sites is 1. The number of urea groups is 1. The van der Waals surface area contributed by atoms with E-state index in [0.717, 1.165) is 11.3 Å². The summed E-state index contributed by atoms with van der Waals surface area (Å²) in [7, 11) is 0. The number of carbonyl (C=O) groups excluding carboxylic acids is 2. The third-order valence-corrected chi connectivity index (χ3v) is 5.93. The van der Waals surface area contributed by atoms with Crippen LogP contribution in [0.25, 0.3) is 0 Å². The summed E-state index contributed by atoms with van der Waals surface area (Å²) in [6.07, 6.45) is -5.31. The van der Waals surface area contributed by atoms with Crippen molar-refractivity contribution in [2.24, 2.45) is 5.92 Å². The Morgan fingerprint density at radius 2 is 1.75 bits per heavy atom. The first-order valence-corrected chi connectivity index (χ1v) is 10.4. The third-order valence-electron chi connectivity index (χ3n) is 5.05. The summed E-state index contributed by atoms with van der Waals surface area (Å²) in [6.45, 7) is 0. The first-order valence-electron chi connectivity index (χ1n) is 9.47. The molecule has 3 aromatic rings. The molecule has 1 aromatic heterocycles. The predicted molar refractivity (Wildman–Crippen MR) is 111 cm³/mol. The van der Waals surface area contributed by atoms with Crippen molar-refractivity contribution in [1.29, 1.82) is 0 Å². The van der Waals surface area contributed by atoms with Crippen LogP contribution in [0.5, 0.6) is 11.5 Å². The number of ether oxygens (including phenoxy) is 1. The molecule has 166 valence electrons. The maximum Gasteiger partial charge on any atom is 0.437 e. The number of amides is 2. The molecule has 1 aliphatic rings. The van der Waals surface area contributed by atoms with E-state index in [0.29, 0.717) is 11.5 Å². The quantitative estimate of drug-likeness (QED) is 0.482. The average molecular weight is 462 g/mol. The van der Waals surface area contributed by atoms with Gasteiger partial charge in [0, 0.05) is 0 Å². The standard InChI is InChI=1S/C22H17F3N2O4S/c23-22(24,25)21(30)17(19(28)16-10-5-11-32-16)18(26-20(29)27-21)13-6-4-9-15(12-13)31-14-7-2-1-3-8-14/h1-12,17-18,30H,(H2,26,27,29)/t17-,18-,21+/m0/s1. The molecule has 0 spiro atoms. The van der Waals surface area contributed by atoms with Gasteiger partial charge in [0.2, 0.25) is 5.72 Å². The minimum atomic E-state index is -5.31. The maximum absolute atomic E-state index is 13.9. The fourth-order valence-electron chi connectivity index (χ4n) is 3.58. The monoisotopic (exact) mass is 462 g/mol. The molecule has 1 saturated heterocycles. The van der Waals surface area contributed by atoms with Crippen LogP contribution < -0.4 is 15.4 Å². The van der Waals surface area contributed by atoms with Crippen LogP contribution in [0.2, 0.25) is 0 Å². The van der Waals surface area contributed by atoms with Gasteiger partial charge in [0.15, 0.2) is 5.78 Å². The van der Waals surface area contributed by atoms with Gasteiger partial charge in [0.05, 0.1) is 10.9 Å². The molecule has 0 bridgehead atoms. The number of rotatable bonds is 5. The van der Waals surface area contributed by atoms with Gasteiger partial charge in [0.1, 0.15) is 17.4 Å². The molecule has 2 amide bonds. The molecular weight excluding hydrogens is 445 g/mol. The number of alkyl halides is 3. The smallest absolute Gasteiger partial charge is 0.437 e. The lowest BCUT2D eigenvalue weighted by atomic mass is 9.78. The lowest BCUT2D eigenvalue weighted by Crippen LogP contribution is -2.72. The highest BCUT2D eigenvalue weighted by atomic mass is 32.1. The van der Waals surface area contributed by atoms with Crippen molar-refractivity contribution >= 4 is 23.2 Å². The minimum absolute atomic E-state index is 0.0253. The highest BCUT2D eigenvalue weighted by Crippen LogP contribution is 2.44. The van der Waals surface area contributed by atoms with E-state index in [9.17, 15) is 27.9 Å². The van der Waals surface area contributed by atoms with Crippen molar-refractivity contribution in [2.45, 2.75) is 17.9 Å². The largest absolute Gasteiger partial charge is 0.457 e. The zero-order valence-electron chi connectivity index (χ0n) is 16.3. The van der Waals surface area contributed by atoms with Gasteiger partial charge in [-0.3, -0.25) is 4.79 Å². The molecule has 0 saturated carbocycles. The summed E-state index contributed by atoms with van der Waals surface area (Å²) in [4.78, 5) is 25.3. The van der Waals surface area contributed by atoms with Crippen LogP contribution in [0, 0.1) is 5.92 Å². The Labute approximate surface area is 184 Å². The number of aliphatic hydroxyl groups is 1. The fourth-order valence-corrected chi connectivity index (χ4v) is 4.29. The molecule has 6 nitrogen and oxygen atoms in total. The normalized spacial score (nSPS) is 23.2. The van der Waals surface area contributed by atoms with Crippen LogP contribution in [-0.4, -0.2) is 28.8 Å². The minimum Gasteiger partial charge on any atom is -0.457 e. The van der Waals surface area contributed by atoms with Crippen LogP contribution in [0.4, 0.5) is 18.0 Å². The van der Waals surface area contributed by atoms with Gasteiger partial charge >= 0.3 is 12.2 Å². The van der Waals surface area contributed by atoms with Gasteiger partial charge in [-0.2, -0.15) is 13.2 Å². The number of hydrogen-bond donors (Lipinski definition) is 3. The Kier molecular flexibility index (Phi) is 5.66. The van der Waals surface area contributed by atoms with E-state index in [-0.39, 0.29) is 10.4 Å². The van der Waals surface area contributed by atoms with E-state index in [4.69, 9.17) is 4.74 Å². The van der Waals surface area contributed by atoms with Crippen molar-refractivity contribution in [2.75, 3.05) is 0 Å². The van der Waals surface area contributed by atoms with E-state index in [2.05, 4.69) is 5.32 Å². The zero-order valence-corrected chi connectivity index (χ0v) is 17.1. The predicted octanol–water partition coefficient (Wildman–Crippen LogP) is 4.64. The molecular formula is C22H17F3N2O4S. The van der Waals surface area contributed by atoms with Gasteiger partial charge in [-0.15, -0.1) is 11.3 Å². The first-order chi connectivity index (χ1) is 15.2. The lowest BCUT2D eigenvalue weighted by Gasteiger charge is -2.44. The molecule has 2 aromatic carbocycles. The summed E-state index contributed by atoms with van der Waals surface area (Å²) >= 11 is 0.946. The van der Waals surface area contributed by atoms with Crippen LogP contribution >= 0.6 is 11.3 Å². The van der Waals surface area contributed by atoms with Crippen LogP contribution in [0.15, 0.2) is 72.1 Å². The molecule has 0 aliphatic carbocycles.